The van der Waals surface area contributed by atoms with E-state index in [0.29, 0.717) is 5.69 Å². The summed E-state index contributed by atoms with van der Waals surface area (Å²) >= 11 is 0. The maximum Gasteiger partial charge on any atom is 0.240 e. The first-order chi connectivity index (χ1) is 7.65. The first-order valence-electron chi connectivity index (χ1n) is 4.81. The summed E-state index contributed by atoms with van der Waals surface area (Å²) in [6.07, 6.45) is 5.00. The van der Waals surface area contributed by atoms with Gasteiger partial charge in [-0.1, -0.05) is 18.1 Å². The van der Waals surface area contributed by atoms with Crippen molar-refractivity contribution in [1.82, 2.24) is 5.32 Å². The SMILES string of the molecule is C#CCNC(=O)CN(C)c1ccccc1F. The number of hydrogen-bond acceptors (Lipinski definition) is 2. The Morgan fingerprint density at radius 1 is 1.56 bits per heavy atom. The van der Waals surface area contributed by atoms with Gasteiger partial charge in [-0.25, -0.2) is 4.39 Å². The van der Waals surface area contributed by atoms with Crippen LogP contribution in [0.3, 0.4) is 0 Å². The highest BCUT2D eigenvalue weighted by molar-refractivity contribution is 5.81. The van der Waals surface area contributed by atoms with E-state index in [1.807, 2.05) is 0 Å². The molecule has 0 radical (unpaired) electrons. The van der Waals surface area contributed by atoms with Gasteiger partial charge in [0.05, 0.1) is 18.8 Å². The molecule has 0 unspecified atom stereocenters. The number of hydrogen-bond donors (Lipinski definition) is 1. The van der Waals surface area contributed by atoms with Crippen molar-refractivity contribution in [2.45, 2.75) is 0 Å². The molecule has 1 aromatic carbocycles. The molecule has 0 saturated carbocycles. The average molecular weight is 220 g/mol. The Kier molecular flexibility index (Phi) is 4.34. The zero-order valence-corrected chi connectivity index (χ0v) is 9.03. The van der Waals surface area contributed by atoms with Crippen molar-refractivity contribution >= 4 is 11.6 Å². The Labute approximate surface area is 94.3 Å². The lowest BCUT2D eigenvalue weighted by Gasteiger charge is -2.18. The van der Waals surface area contributed by atoms with Gasteiger partial charge in [0.1, 0.15) is 5.82 Å². The Balaban J connectivity index is 2.59. The van der Waals surface area contributed by atoms with Crippen molar-refractivity contribution in [1.29, 1.82) is 0 Å². The summed E-state index contributed by atoms with van der Waals surface area (Å²) in [6.45, 7) is 0.257. The molecule has 1 amide bonds. The molecule has 0 aliphatic rings. The van der Waals surface area contributed by atoms with E-state index in [1.165, 1.54) is 11.0 Å². The number of terminal acetylenes is 1. The van der Waals surface area contributed by atoms with Crippen LogP contribution >= 0.6 is 0 Å². The Hall–Kier alpha value is -2.02. The minimum atomic E-state index is -0.352. The highest BCUT2D eigenvalue weighted by Crippen LogP contribution is 2.16. The van der Waals surface area contributed by atoms with Crippen LogP contribution in [0.1, 0.15) is 0 Å². The molecule has 0 saturated heterocycles. The average Bonchev–Trinajstić information content (AvgIpc) is 2.26. The normalized spacial score (nSPS) is 9.31. The summed E-state index contributed by atoms with van der Waals surface area (Å²) in [5.41, 5.74) is 0.387. The molecule has 0 spiro atoms. The molecular weight excluding hydrogens is 207 g/mol. The lowest BCUT2D eigenvalue weighted by Crippen LogP contribution is -2.35. The smallest absolute Gasteiger partial charge is 0.240 e. The van der Waals surface area contributed by atoms with Crippen LogP contribution in [-0.4, -0.2) is 26.0 Å². The van der Waals surface area contributed by atoms with Crippen LogP contribution in [0.2, 0.25) is 0 Å². The molecule has 0 aliphatic heterocycles. The van der Waals surface area contributed by atoms with Gasteiger partial charge in [-0.2, -0.15) is 0 Å². The molecule has 0 fully saturated rings. The van der Waals surface area contributed by atoms with Gasteiger partial charge in [-0.3, -0.25) is 4.79 Å². The van der Waals surface area contributed by atoms with Crippen LogP contribution in [-0.2, 0) is 4.79 Å². The lowest BCUT2D eigenvalue weighted by molar-refractivity contribution is -0.119. The number of para-hydroxylation sites is 1. The zero-order chi connectivity index (χ0) is 12.0. The zero-order valence-electron chi connectivity index (χ0n) is 9.03. The fourth-order valence-electron chi connectivity index (χ4n) is 1.27. The van der Waals surface area contributed by atoms with Crippen molar-refractivity contribution in [3.05, 3.63) is 30.1 Å². The van der Waals surface area contributed by atoms with Crippen molar-refractivity contribution in [3.8, 4) is 12.3 Å². The minimum Gasteiger partial charge on any atom is -0.363 e. The van der Waals surface area contributed by atoms with Gasteiger partial charge < -0.3 is 10.2 Å². The van der Waals surface area contributed by atoms with E-state index in [1.54, 1.807) is 25.2 Å². The summed E-state index contributed by atoms with van der Waals surface area (Å²) in [5, 5.41) is 2.51. The minimum absolute atomic E-state index is 0.0720. The summed E-state index contributed by atoms with van der Waals surface area (Å²) in [5.74, 6) is 1.71. The second-order valence-corrected chi connectivity index (χ2v) is 3.29. The van der Waals surface area contributed by atoms with Gasteiger partial charge in [-0.05, 0) is 12.1 Å². The van der Waals surface area contributed by atoms with E-state index in [9.17, 15) is 9.18 Å². The third-order valence-electron chi connectivity index (χ3n) is 2.03. The van der Waals surface area contributed by atoms with Gasteiger partial charge in [-0.15, -0.1) is 6.42 Å². The number of likely N-dealkylation sites (N-methyl/N-ethyl adjacent to an activating group) is 1. The first kappa shape index (κ1) is 12.1. The second kappa shape index (κ2) is 5.76. The highest BCUT2D eigenvalue weighted by atomic mass is 19.1. The van der Waals surface area contributed by atoms with Crippen LogP contribution in [0.4, 0.5) is 10.1 Å². The first-order valence-corrected chi connectivity index (χ1v) is 4.81. The van der Waals surface area contributed by atoms with E-state index >= 15 is 0 Å². The number of anilines is 1. The third-order valence-corrected chi connectivity index (χ3v) is 2.03. The molecular formula is C12H13FN2O. The number of nitrogens with one attached hydrogen (secondary N) is 1. The molecule has 0 aromatic heterocycles. The van der Waals surface area contributed by atoms with Crippen molar-refractivity contribution in [3.63, 3.8) is 0 Å². The molecule has 1 N–H and O–H groups in total. The monoisotopic (exact) mass is 220 g/mol. The van der Waals surface area contributed by atoms with E-state index in [2.05, 4.69) is 11.2 Å². The van der Waals surface area contributed by atoms with E-state index < -0.39 is 0 Å². The quantitative estimate of drug-likeness (QED) is 0.768. The van der Waals surface area contributed by atoms with Gasteiger partial charge in [0.25, 0.3) is 0 Å². The van der Waals surface area contributed by atoms with Gasteiger partial charge >= 0.3 is 0 Å². The topological polar surface area (TPSA) is 32.3 Å². The molecule has 16 heavy (non-hydrogen) atoms. The number of rotatable bonds is 4. The molecule has 3 nitrogen and oxygen atoms in total. The van der Waals surface area contributed by atoms with E-state index in [-0.39, 0.29) is 24.8 Å². The maximum atomic E-state index is 13.3. The predicted octanol–water partition coefficient (Wildman–Crippen LogP) is 1.01. The number of carbonyl (C=O) groups excluding carboxylic acids is 1. The Bertz CT molecular complexity index is 412. The summed E-state index contributed by atoms with van der Waals surface area (Å²) in [6, 6.07) is 6.29. The number of benzene rings is 1. The summed E-state index contributed by atoms with van der Waals surface area (Å²) < 4.78 is 13.3. The third kappa shape index (κ3) is 3.28. The summed E-state index contributed by atoms with van der Waals surface area (Å²) in [7, 11) is 1.65. The number of carbonyl (C=O) groups is 1. The molecule has 1 aromatic rings. The molecule has 4 heteroatoms. The van der Waals surface area contributed by atoms with Crippen molar-refractivity contribution < 1.29 is 9.18 Å². The van der Waals surface area contributed by atoms with Crippen LogP contribution in [0.15, 0.2) is 24.3 Å². The molecule has 0 aliphatic carbocycles. The van der Waals surface area contributed by atoms with Gasteiger partial charge in [0.2, 0.25) is 5.91 Å². The number of amides is 1. The molecule has 84 valence electrons. The van der Waals surface area contributed by atoms with Crippen LogP contribution in [0.5, 0.6) is 0 Å². The van der Waals surface area contributed by atoms with Crippen LogP contribution in [0.25, 0.3) is 0 Å². The molecule has 0 heterocycles. The Morgan fingerprint density at radius 2 is 2.25 bits per heavy atom. The van der Waals surface area contributed by atoms with Crippen LogP contribution < -0.4 is 10.2 Å². The second-order valence-electron chi connectivity index (χ2n) is 3.29. The Morgan fingerprint density at radius 3 is 2.88 bits per heavy atom. The van der Waals surface area contributed by atoms with Crippen molar-refractivity contribution in [2.75, 3.05) is 25.0 Å². The van der Waals surface area contributed by atoms with Crippen LogP contribution in [0, 0.1) is 18.2 Å². The largest absolute Gasteiger partial charge is 0.363 e. The predicted molar refractivity (Wildman–Crippen MR) is 61.5 cm³/mol. The molecule has 0 bridgehead atoms. The number of nitrogens with zero attached hydrogens (tertiary/aromatic N) is 1. The van der Waals surface area contributed by atoms with Gasteiger partial charge in [0.15, 0.2) is 0 Å². The lowest BCUT2D eigenvalue weighted by atomic mass is 10.3. The summed E-state index contributed by atoms with van der Waals surface area (Å²) in [4.78, 5) is 12.9. The number of halogens is 1. The van der Waals surface area contributed by atoms with Gasteiger partial charge in [0, 0.05) is 7.05 Å². The van der Waals surface area contributed by atoms with E-state index in [4.69, 9.17) is 6.42 Å². The fraction of sp³-hybridized carbons (Fsp3) is 0.250. The molecule has 1 rings (SSSR count). The molecule has 0 atom stereocenters. The fourth-order valence-corrected chi connectivity index (χ4v) is 1.27. The standard InChI is InChI=1S/C12H13FN2O/c1-3-8-14-12(16)9-15(2)11-7-5-4-6-10(11)13/h1,4-7H,8-9H2,2H3,(H,14,16). The van der Waals surface area contributed by atoms with E-state index in [0.717, 1.165) is 0 Å². The maximum absolute atomic E-state index is 13.3. The highest BCUT2D eigenvalue weighted by Gasteiger charge is 2.09. The van der Waals surface area contributed by atoms with Crippen molar-refractivity contribution in [2.24, 2.45) is 0 Å².